The molecule has 64 valence electrons. The lowest BCUT2D eigenvalue weighted by molar-refractivity contribution is 1.23. The van der Waals surface area contributed by atoms with Gasteiger partial charge in [0, 0.05) is 23.2 Å². The Balaban J connectivity index is 0.00000121. The van der Waals surface area contributed by atoms with Gasteiger partial charge in [-0.25, -0.2) is 0 Å². The number of pyridine rings is 1. The smallest absolute Gasteiger partial charge is 0.0561 e. The van der Waals surface area contributed by atoms with Gasteiger partial charge in [0.1, 0.15) is 0 Å². The van der Waals surface area contributed by atoms with Gasteiger partial charge in [0.2, 0.25) is 0 Å². The van der Waals surface area contributed by atoms with Crippen LogP contribution in [0.1, 0.15) is 5.56 Å². The summed E-state index contributed by atoms with van der Waals surface area (Å²) < 4.78 is 0. The largest absolute Gasteiger partial charge is 0.264 e. The van der Waals surface area contributed by atoms with Crippen LogP contribution in [0.2, 0.25) is 0 Å². The Morgan fingerprint density at radius 2 is 2.33 bits per heavy atom. The van der Waals surface area contributed by atoms with Crippen molar-refractivity contribution in [1.82, 2.24) is 4.98 Å². The molecule has 4 nitrogen and oxygen atoms in total. The summed E-state index contributed by atoms with van der Waals surface area (Å²) in [6.45, 7) is 0. The van der Waals surface area contributed by atoms with Crippen LogP contribution in [-0.4, -0.2) is 4.98 Å². The standard InChI is InChI=1S/C6H5ClN4.ClH/c7-2-5-1-6(10-11-8)4-9-3-5;/h1,3-4H,2H2;1H. The molecule has 1 heterocycles. The number of hydrogen-bond donors (Lipinski definition) is 0. The van der Waals surface area contributed by atoms with Crippen LogP contribution in [0.25, 0.3) is 10.4 Å². The van der Waals surface area contributed by atoms with Crippen molar-refractivity contribution in [3.8, 4) is 0 Å². The van der Waals surface area contributed by atoms with Crippen LogP contribution in [0.3, 0.4) is 0 Å². The molecule has 0 N–H and O–H groups in total. The van der Waals surface area contributed by atoms with Gasteiger partial charge in [-0.3, -0.25) is 4.98 Å². The summed E-state index contributed by atoms with van der Waals surface area (Å²) in [7, 11) is 0. The van der Waals surface area contributed by atoms with Gasteiger partial charge in [-0.1, -0.05) is 5.11 Å². The van der Waals surface area contributed by atoms with Gasteiger partial charge < -0.3 is 0 Å². The first-order valence-corrected chi connectivity index (χ1v) is 3.45. The zero-order chi connectivity index (χ0) is 8.10. The van der Waals surface area contributed by atoms with Crippen molar-refractivity contribution in [2.24, 2.45) is 5.11 Å². The van der Waals surface area contributed by atoms with Gasteiger partial charge >= 0.3 is 0 Å². The maximum atomic E-state index is 8.08. The number of hydrogen-bond acceptors (Lipinski definition) is 2. The number of aromatic nitrogens is 1. The van der Waals surface area contributed by atoms with E-state index in [4.69, 9.17) is 17.1 Å². The predicted octanol–water partition coefficient (Wildman–Crippen LogP) is 3.18. The van der Waals surface area contributed by atoms with Gasteiger partial charge in [-0.2, -0.15) is 0 Å². The van der Waals surface area contributed by atoms with Crippen LogP contribution in [-0.2, 0) is 5.88 Å². The van der Waals surface area contributed by atoms with Crippen molar-refractivity contribution < 1.29 is 0 Å². The SMILES string of the molecule is Cl.[N-]=[N+]=Nc1cncc(CCl)c1. The van der Waals surface area contributed by atoms with E-state index in [2.05, 4.69) is 15.0 Å². The molecule has 0 aliphatic carbocycles. The molecule has 0 aliphatic heterocycles. The molecule has 0 unspecified atom stereocenters. The summed E-state index contributed by atoms with van der Waals surface area (Å²) in [5.74, 6) is 0.377. The lowest BCUT2D eigenvalue weighted by Gasteiger charge is -1.93. The van der Waals surface area contributed by atoms with Crippen LogP contribution in [0.4, 0.5) is 5.69 Å². The summed E-state index contributed by atoms with van der Waals surface area (Å²) in [6.07, 6.45) is 3.11. The zero-order valence-electron chi connectivity index (χ0n) is 6.01. The zero-order valence-corrected chi connectivity index (χ0v) is 7.59. The van der Waals surface area contributed by atoms with Gasteiger partial charge in [-0.15, -0.1) is 24.0 Å². The predicted molar refractivity (Wildman–Crippen MR) is 49.8 cm³/mol. The Labute approximate surface area is 80.6 Å². The highest BCUT2D eigenvalue weighted by atomic mass is 35.5. The average Bonchev–Trinajstić information content (AvgIpc) is 2.06. The second kappa shape index (κ2) is 5.66. The minimum atomic E-state index is 0. The van der Waals surface area contributed by atoms with Crippen molar-refractivity contribution in [1.29, 1.82) is 0 Å². The van der Waals surface area contributed by atoms with E-state index >= 15 is 0 Å². The van der Waals surface area contributed by atoms with E-state index in [9.17, 15) is 0 Å². The highest BCUT2D eigenvalue weighted by Crippen LogP contribution is 2.13. The Hall–Kier alpha value is -0.960. The third-order valence-corrected chi connectivity index (χ3v) is 1.40. The second-order valence-electron chi connectivity index (χ2n) is 1.87. The molecule has 0 amide bonds. The lowest BCUT2D eigenvalue weighted by Crippen LogP contribution is -1.78. The van der Waals surface area contributed by atoms with E-state index < -0.39 is 0 Å². The van der Waals surface area contributed by atoms with Gasteiger partial charge in [0.15, 0.2) is 0 Å². The molecule has 0 saturated heterocycles. The van der Waals surface area contributed by atoms with Crippen molar-refractivity contribution in [3.63, 3.8) is 0 Å². The third kappa shape index (κ3) is 2.96. The molecule has 0 aliphatic rings. The van der Waals surface area contributed by atoms with Gasteiger partial charge in [0.05, 0.1) is 5.69 Å². The molecule has 0 spiro atoms. The fourth-order valence-corrected chi connectivity index (χ4v) is 0.799. The topological polar surface area (TPSA) is 61.7 Å². The second-order valence-corrected chi connectivity index (χ2v) is 2.14. The molecular formula is C6H6Cl2N4. The first kappa shape index (κ1) is 11.0. The molecule has 0 bridgehead atoms. The molecule has 1 aromatic heterocycles. The Morgan fingerprint density at radius 1 is 1.58 bits per heavy atom. The fraction of sp³-hybridized carbons (Fsp3) is 0.167. The summed E-state index contributed by atoms with van der Waals surface area (Å²) in [4.78, 5) is 6.45. The van der Waals surface area contributed by atoms with Crippen LogP contribution >= 0.6 is 24.0 Å². The normalized spacial score (nSPS) is 8.08. The molecule has 0 radical (unpaired) electrons. The highest BCUT2D eigenvalue weighted by molar-refractivity contribution is 6.17. The van der Waals surface area contributed by atoms with Crippen molar-refractivity contribution in [2.75, 3.05) is 0 Å². The van der Waals surface area contributed by atoms with Gasteiger partial charge in [-0.05, 0) is 17.2 Å². The van der Waals surface area contributed by atoms with Gasteiger partial charge in [0.25, 0.3) is 0 Å². The van der Waals surface area contributed by atoms with Crippen LogP contribution in [0, 0.1) is 0 Å². The van der Waals surface area contributed by atoms with E-state index in [0.717, 1.165) is 5.56 Å². The highest BCUT2D eigenvalue weighted by Gasteiger charge is 1.91. The molecule has 0 atom stereocenters. The Morgan fingerprint density at radius 3 is 2.92 bits per heavy atom. The summed E-state index contributed by atoms with van der Waals surface area (Å²) in [5.41, 5.74) is 9.42. The molecule has 0 aromatic carbocycles. The minimum Gasteiger partial charge on any atom is -0.264 e. The molecular weight excluding hydrogens is 199 g/mol. The van der Waals surface area contributed by atoms with Crippen LogP contribution < -0.4 is 0 Å². The Kier molecular flexibility index (Phi) is 5.21. The summed E-state index contributed by atoms with van der Waals surface area (Å²) >= 11 is 5.52. The summed E-state index contributed by atoms with van der Waals surface area (Å²) in [6, 6.07) is 1.69. The van der Waals surface area contributed by atoms with Crippen molar-refractivity contribution in [3.05, 3.63) is 34.5 Å². The van der Waals surface area contributed by atoms with E-state index in [0.29, 0.717) is 11.6 Å². The number of alkyl halides is 1. The molecule has 6 heteroatoms. The number of halogens is 2. The fourth-order valence-electron chi connectivity index (χ4n) is 0.653. The third-order valence-electron chi connectivity index (χ3n) is 1.09. The molecule has 12 heavy (non-hydrogen) atoms. The maximum absolute atomic E-state index is 8.08. The van der Waals surface area contributed by atoms with Crippen LogP contribution in [0.5, 0.6) is 0 Å². The lowest BCUT2D eigenvalue weighted by atomic mass is 10.3. The maximum Gasteiger partial charge on any atom is 0.0561 e. The Bertz CT molecular complexity index is 295. The number of rotatable bonds is 2. The van der Waals surface area contributed by atoms with E-state index in [1.807, 2.05) is 0 Å². The number of nitrogens with zero attached hydrogens (tertiary/aromatic N) is 4. The summed E-state index contributed by atoms with van der Waals surface area (Å²) in [5, 5.41) is 3.37. The van der Waals surface area contributed by atoms with E-state index in [1.165, 1.54) is 6.20 Å². The molecule has 0 fully saturated rings. The molecule has 0 saturated carbocycles. The van der Waals surface area contributed by atoms with Crippen molar-refractivity contribution >= 4 is 29.7 Å². The first-order valence-electron chi connectivity index (χ1n) is 2.92. The van der Waals surface area contributed by atoms with E-state index in [1.54, 1.807) is 12.3 Å². The average molecular weight is 205 g/mol. The first-order chi connectivity index (χ1) is 5.36. The van der Waals surface area contributed by atoms with Crippen molar-refractivity contribution in [2.45, 2.75) is 5.88 Å². The number of azide groups is 1. The monoisotopic (exact) mass is 204 g/mol. The van der Waals surface area contributed by atoms with Crippen LogP contribution in [0.15, 0.2) is 23.6 Å². The molecule has 1 rings (SSSR count). The van der Waals surface area contributed by atoms with E-state index in [-0.39, 0.29) is 12.4 Å². The molecule has 1 aromatic rings. The minimum absolute atomic E-state index is 0. The quantitative estimate of drug-likeness (QED) is 0.316.